The van der Waals surface area contributed by atoms with Crippen LogP contribution in [0.25, 0.3) is 10.9 Å². The highest BCUT2D eigenvalue weighted by Crippen LogP contribution is 2.08. The van der Waals surface area contributed by atoms with E-state index in [9.17, 15) is 14.4 Å². The maximum Gasteiger partial charge on any atom is 0.321 e. The number of amides is 3. The summed E-state index contributed by atoms with van der Waals surface area (Å²) in [4.78, 5) is 45.6. The number of hydrogen-bond acceptors (Lipinski definition) is 5. The fourth-order valence-corrected chi connectivity index (χ4v) is 2.76. The van der Waals surface area contributed by atoms with E-state index in [1.54, 1.807) is 18.2 Å². The summed E-state index contributed by atoms with van der Waals surface area (Å²) in [5, 5.41) is 5.57. The number of para-hydroxylation sites is 1. The van der Waals surface area contributed by atoms with Crippen LogP contribution in [-0.4, -0.2) is 45.4 Å². The van der Waals surface area contributed by atoms with Crippen molar-refractivity contribution in [3.8, 4) is 0 Å². The van der Waals surface area contributed by atoms with Gasteiger partial charge in [0.05, 0.1) is 24.0 Å². The fourth-order valence-electron chi connectivity index (χ4n) is 2.76. The van der Waals surface area contributed by atoms with Gasteiger partial charge in [-0.25, -0.2) is 9.78 Å². The molecule has 0 saturated carbocycles. The predicted octanol–water partition coefficient (Wildman–Crippen LogP) is 2.15. The first kappa shape index (κ1) is 21.6. The molecular formula is C20H29N5O3. The number of carbonyl (C=O) groups is 2. The van der Waals surface area contributed by atoms with Gasteiger partial charge in [-0.1, -0.05) is 25.5 Å². The van der Waals surface area contributed by atoms with Crippen molar-refractivity contribution < 1.29 is 9.59 Å². The van der Waals surface area contributed by atoms with Crippen molar-refractivity contribution in [3.05, 3.63) is 40.4 Å². The summed E-state index contributed by atoms with van der Waals surface area (Å²) < 4.78 is 0. The van der Waals surface area contributed by atoms with E-state index in [0.717, 1.165) is 12.8 Å². The zero-order valence-electron chi connectivity index (χ0n) is 17.0. The predicted molar refractivity (Wildman–Crippen MR) is 109 cm³/mol. The third-order valence-corrected chi connectivity index (χ3v) is 3.97. The smallest absolute Gasteiger partial charge is 0.321 e. The molecule has 0 saturated heterocycles. The zero-order chi connectivity index (χ0) is 20.7. The Balaban J connectivity index is 2.08. The molecule has 1 heterocycles. The maximum atomic E-state index is 12.3. The average Bonchev–Trinajstić information content (AvgIpc) is 2.57. The Morgan fingerprint density at radius 1 is 1.21 bits per heavy atom. The van der Waals surface area contributed by atoms with E-state index in [1.165, 1.54) is 0 Å². The van der Waals surface area contributed by atoms with Crippen molar-refractivity contribution in [2.75, 3.05) is 13.1 Å². The van der Waals surface area contributed by atoms with E-state index in [0.29, 0.717) is 29.8 Å². The summed E-state index contributed by atoms with van der Waals surface area (Å²) in [7, 11) is 0. The van der Waals surface area contributed by atoms with Crippen LogP contribution in [-0.2, 0) is 11.3 Å². The molecule has 1 aromatic heterocycles. The van der Waals surface area contributed by atoms with Gasteiger partial charge in [-0.15, -0.1) is 0 Å². The highest BCUT2D eigenvalue weighted by molar-refractivity contribution is 5.95. The molecule has 0 atom stereocenters. The number of carbonyl (C=O) groups excluding carboxylic acids is 2. The lowest BCUT2D eigenvalue weighted by Crippen LogP contribution is -2.50. The molecule has 1 aromatic carbocycles. The second-order valence-corrected chi connectivity index (χ2v) is 7.85. The second-order valence-electron chi connectivity index (χ2n) is 7.85. The highest BCUT2D eigenvalue weighted by Gasteiger charge is 2.18. The number of aromatic nitrogens is 2. The van der Waals surface area contributed by atoms with Crippen LogP contribution in [0.1, 0.15) is 46.4 Å². The Kier molecular flexibility index (Phi) is 7.28. The monoisotopic (exact) mass is 387 g/mol. The summed E-state index contributed by atoms with van der Waals surface area (Å²) in [5.74, 6) is 0.0905. The number of rotatable bonds is 7. The van der Waals surface area contributed by atoms with Gasteiger partial charge in [0.2, 0.25) is 5.91 Å². The van der Waals surface area contributed by atoms with Crippen molar-refractivity contribution in [2.24, 2.45) is 0 Å². The summed E-state index contributed by atoms with van der Waals surface area (Å²) in [6, 6.07) is 6.61. The SMILES string of the molecule is CCCCN(CC(=O)NC(=O)NC(C)(C)C)Cc1nc2ccccc2c(=O)[nH]1. The van der Waals surface area contributed by atoms with Crippen molar-refractivity contribution in [1.29, 1.82) is 0 Å². The van der Waals surface area contributed by atoms with E-state index in [1.807, 2.05) is 31.7 Å². The minimum atomic E-state index is -0.523. The minimum absolute atomic E-state index is 0.0358. The van der Waals surface area contributed by atoms with Gasteiger partial charge in [0.15, 0.2) is 0 Å². The van der Waals surface area contributed by atoms with Gasteiger partial charge in [-0.3, -0.25) is 19.8 Å². The average molecular weight is 387 g/mol. The first-order valence-electron chi connectivity index (χ1n) is 9.50. The van der Waals surface area contributed by atoms with E-state index in [2.05, 4.69) is 27.5 Å². The number of unbranched alkanes of at least 4 members (excludes halogenated alkanes) is 1. The number of urea groups is 1. The Morgan fingerprint density at radius 3 is 2.61 bits per heavy atom. The van der Waals surface area contributed by atoms with Crippen LogP contribution in [0.15, 0.2) is 29.1 Å². The Labute approximate surface area is 164 Å². The molecular weight excluding hydrogens is 358 g/mol. The highest BCUT2D eigenvalue weighted by atomic mass is 16.2. The number of H-pyrrole nitrogens is 1. The van der Waals surface area contributed by atoms with Crippen LogP contribution in [0.2, 0.25) is 0 Å². The van der Waals surface area contributed by atoms with Crippen molar-refractivity contribution in [3.63, 3.8) is 0 Å². The molecule has 8 nitrogen and oxygen atoms in total. The Hall–Kier alpha value is -2.74. The topological polar surface area (TPSA) is 107 Å². The largest absolute Gasteiger partial charge is 0.333 e. The molecule has 2 rings (SSSR count). The van der Waals surface area contributed by atoms with Crippen LogP contribution in [0.4, 0.5) is 4.79 Å². The van der Waals surface area contributed by atoms with Crippen molar-refractivity contribution >= 4 is 22.8 Å². The number of fused-ring (bicyclic) bond motifs is 1. The standard InChI is InChI=1S/C20H29N5O3/c1-5-6-11-25(13-17(26)23-19(28)24-20(2,3)4)12-16-21-15-10-8-7-9-14(15)18(27)22-16/h7-10H,5-6,11-13H2,1-4H3,(H,21,22,27)(H2,23,24,26,28). The van der Waals surface area contributed by atoms with Gasteiger partial charge in [-0.2, -0.15) is 0 Å². The fraction of sp³-hybridized carbons (Fsp3) is 0.500. The summed E-state index contributed by atoms with van der Waals surface area (Å²) in [5.41, 5.74) is -0.0171. The number of imide groups is 1. The lowest BCUT2D eigenvalue weighted by atomic mass is 10.1. The van der Waals surface area contributed by atoms with E-state index < -0.39 is 17.5 Å². The lowest BCUT2D eigenvalue weighted by Gasteiger charge is -2.23. The van der Waals surface area contributed by atoms with Crippen molar-refractivity contribution in [2.45, 2.75) is 52.6 Å². The normalized spacial score (nSPS) is 11.6. The number of aromatic amines is 1. The quantitative estimate of drug-likeness (QED) is 0.675. The molecule has 0 bridgehead atoms. The van der Waals surface area contributed by atoms with E-state index >= 15 is 0 Å². The van der Waals surface area contributed by atoms with E-state index in [-0.39, 0.29) is 12.1 Å². The van der Waals surface area contributed by atoms with Crippen LogP contribution in [0.3, 0.4) is 0 Å². The molecule has 3 N–H and O–H groups in total. The first-order valence-corrected chi connectivity index (χ1v) is 9.50. The molecule has 0 unspecified atom stereocenters. The summed E-state index contributed by atoms with van der Waals surface area (Å²) in [6.45, 7) is 8.58. The molecule has 152 valence electrons. The maximum absolute atomic E-state index is 12.3. The third kappa shape index (κ3) is 6.77. The van der Waals surface area contributed by atoms with Gasteiger partial charge in [0.1, 0.15) is 5.82 Å². The number of hydrogen-bond donors (Lipinski definition) is 3. The van der Waals surface area contributed by atoms with Gasteiger partial charge >= 0.3 is 6.03 Å². The molecule has 0 fully saturated rings. The van der Waals surface area contributed by atoms with Gasteiger partial charge in [0.25, 0.3) is 5.56 Å². The van der Waals surface area contributed by atoms with Crippen LogP contribution in [0.5, 0.6) is 0 Å². The molecule has 0 aliphatic carbocycles. The van der Waals surface area contributed by atoms with Crippen LogP contribution >= 0.6 is 0 Å². The molecule has 0 aliphatic rings. The Morgan fingerprint density at radius 2 is 1.93 bits per heavy atom. The zero-order valence-corrected chi connectivity index (χ0v) is 17.0. The van der Waals surface area contributed by atoms with E-state index in [4.69, 9.17) is 0 Å². The second kappa shape index (κ2) is 9.45. The van der Waals surface area contributed by atoms with Gasteiger partial charge in [-0.05, 0) is 45.9 Å². The number of nitrogens with zero attached hydrogens (tertiary/aromatic N) is 2. The number of benzene rings is 1. The van der Waals surface area contributed by atoms with Crippen molar-refractivity contribution in [1.82, 2.24) is 25.5 Å². The molecule has 28 heavy (non-hydrogen) atoms. The van der Waals surface area contributed by atoms with Crippen LogP contribution < -0.4 is 16.2 Å². The summed E-state index contributed by atoms with van der Waals surface area (Å²) in [6.07, 6.45) is 1.85. The van der Waals surface area contributed by atoms with Gasteiger partial charge < -0.3 is 10.3 Å². The third-order valence-electron chi connectivity index (χ3n) is 3.97. The molecule has 0 aliphatic heterocycles. The first-order chi connectivity index (χ1) is 13.2. The van der Waals surface area contributed by atoms with Gasteiger partial charge in [0, 0.05) is 5.54 Å². The molecule has 0 spiro atoms. The minimum Gasteiger partial charge on any atom is -0.333 e. The number of nitrogens with one attached hydrogen (secondary N) is 3. The Bertz CT molecular complexity index is 885. The molecule has 3 amide bonds. The lowest BCUT2D eigenvalue weighted by molar-refractivity contribution is -0.121. The molecule has 0 radical (unpaired) electrons. The molecule has 2 aromatic rings. The summed E-state index contributed by atoms with van der Waals surface area (Å²) >= 11 is 0. The van der Waals surface area contributed by atoms with Crippen LogP contribution in [0, 0.1) is 0 Å². The molecule has 8 heteroatoms.